The van der Waals surface area contributed by atoms with Crippen LogP contribution < -0.4 is 15.4 Å². The Labute approximate surface area is 127 Å². The number of nitrogen functional groups attached to an aromatic ring is 1. The summed E-state index contributed by atoms with van der Waals surface area (Å²) in [6, 6.07) is 14.3. The van der Waals surface area contributed by atoms with Crippen LogP contribution in [0.3, 0.4) is 0 Å². The Balaban J connectivity index is 2.16. The number of hydrogen-bond donors (Lipinski definition) is 1. The fraction of sp³-hybridized carbons (Fsp3) is 0.333. The van der Waals surface area contributed by atoms with Gasteiger partial charge in [0.25, 0.3) is 0 Å². The Morgan fingerprint density at radius 3 is 2.62 bits per heavy atom. The summed E-state index contributed by atoms with van der Waals surface area (Å²) in [6.07, 6.45) is 0.989. The lowest BCUT2D eigenvalue weighted by Gasteiger charge is -2.22. The van der Waals surface area contributed by atoms with E-state index in [1.165, 1.54) is 11.1 Å². The summed E-state index contributed by atoms with van der Waals surface area (Å²) in [5.74, 6) is 0.837. The maximum atomic E-state index is 5.99. The molecule has 0 heterocycles. The molecule has 2 N–H and O–H groups in total. The lowest BCUT2D eigenvalue weighted by atomic mass is 10.1. The Bertz CT molecular complexity index is 596. The fourth-order valence-electron chi connectivity index (χ4n) is 2.26. The van der Waals surface area contributed by atoms with E-state index in [1.807, 2.05) is 18.2 Å². The SMILES string of the molecule is CCCOc1cc(N)cc(N(C)Cc2ccccc2C)c1. The first-order chi connectivity index (χ1) is 10.1. The number of hydrogen-bond acceptors (Lipinski definition) is 3. The molecule has 2 aromatic rings. The van der Waals surface area contributed by atoms with Gasteiger partial charge in [-0.25, -0.2) is 0 Å². The van der Waals surface area contributed by atoms with Crippen molar-refractivity contribution < 1.29 is 4.74 Å². The summed E-state index contributed by atoms with van der Waals surface area (Å²) in [6.45, 7) is 5.80. The molecule has 21 heavy (non-hydrogen) atoms. The molecule has 0 aromatic heterocycles. The predicted molar refractivity (Wildman–Crippen MR) is 89.9 cm³/mol. The lowest BCUT2D eigenvalue weighted by Crippen LogP contribution is -2.17. The molecule has 0 bridgehead atoms. The maximum absolute atomic E-state index is 5.99. The number of rotatable bonds is 6. The van der Waals surface area contributed by atoms with Gasteiger partial charge < -0.3 is 15.4 Å². The molecule has 3 nitrogen and oxygen atoms in total. The molecule has 3 heteroatoms. The predicted octanol–water partition coefficient (Wildman–Crippen LogP) is 4.00. The standard InChI is InChI=1S/C18H24N2O/c1-4-9-21-18-11-16(19)10-17(12-18)20(3)13-15-8-6-5-7-14(15)2/h5-8,10-12H,4,9,13,19H2,1-3H3. The van der Waals surface area contributed by atoms with Crippen LogP contribution in [-0.2, 0) is 6.54 Å². The molecule has 0 atom stereocenters. The van der Waals surface area contributed by atoms with Gasteiger partial charge in [0, 0.05) is 37.1 Å². The van der Waals surface area contributed by atoms with Crippen molar-refractivity contribution >= 4 is 11.4 Å². The van der Waals surface area contributed by atoms with Crippen molar-refractivity contribution in [1.82, 2.24) is 0 Å². The molecule has 2 rings (SSSR count). The van der Waals surface area contributed by atoms with Gasteiger partial charge in [-0.2, -0.15) is 0 Å². The molecule has 0 spiro atoms. The minimum atomic E-state index is 0.713. The van der Waals surface area contributed by atoms with Gasteiger partial charge in [0.15, 0.2) is 0 Å². The second-order valence-electron chi connectivity index (χ2n) is 5.39. The van der Waals surface area contributed by atoms with E-state index in [0.717, 1.165) is 30.1 Å². The highest BCUT2D eigenvalue weighted by Gasteiger charge is 2.07. The van der Waals surface area contributed by atoms with Crippen molar-refractivity contribution in [2.45, 2.75) is 26.8 Å². The van der Waals surface area contributed by atoms with Crippen LogP contribution in [0.15, 0.2) is 42.5 Å². The molecule has 0 saturated carbocycles. The highest BCUT2D eigenvalue weighted by atomic mass is 16.5. The normalized spacial score (nSPS) is 10.4. The van der Waals surface area contributed by atoms with Crippen molar-refractivity contribution in [2.75, 3.05) is 24.3 Å². The highest BCUT2D eigenvalue weighted by molar-refractivity contribution is 5.60. The van der Waals surface area contributed by atoms with E-state index in [4.69, 9.17) is 10.5 Å². The first-order valence-electron chi connectivity index (χ1n) is 7.39. The van der Waals surface area contributed by atoms with Crippen LogP contribution in [-0.4, -0.2) is 13.7 Å². The number of ether oxygens (including phenoxy) is 1. The number of anilines is 2. The van der Waals surface area contributed by atoms with Gasteiger partial charge in [0.1, 0.15) is 5.75 Å². The minimum Gasteiger partial charge on any atom is -0.493 e. The van der Waals surface area contributed by atoms with Gasteiger partial charge in [-0.3, -0.25) is 0 Å². The summed E-state index contributed by atoms with van der Waals surface area (Å²) in [5.41, 5.74) is 10.4. The largest absolute Gasteiger partial charge is 0.493 e. The minimum absolute atomic E-state index is 0.713. The van der Waals surface area contributed by atoms with E-state index in [9.17, 15) is 0 Å². The number of benzene rings is 2. The monoisotopic (exact) mass is 284 g/mol. The molecule has 0 radical (unpaired) electrons. The first kappa shape index (κ1) is 15.2. The summed E-state index contributed by atoms with van der Waals surface area (Å²) in [5, 5.41) is 0. The fourth-order valence-corrected chi connectivity index (χ4v) is 2.26. The zero-order valence-electron chi connectivity index (χ0n) is 13.1. The van der Waals surface area contributed by atoms with Crippen LogP contribution in [0.4, 0.5) is 11.4 Å². The van der Waals surface area contributed by atoms with Gasteiger partial charge in [-0.15, -0.1) is 0 Å². The van der Waals surface area contributed by atoms with Gasteiger partial charge in [0.2, 0.25) is 0 Å². The molecule has 0 amide bonds. The molecule has 0 aliphatic heterocycles. The average molecular weight is 284 g/mol. The van der Waals surface area contributed by atoms with Crippen molar-refractivity contribution in [3.05, 3.63) is 53.6 Å². The molecule has 0 saturated heterocycles. The van der Waals surface area contributed by atoms with Gasteiger partial charge in [-0.1, -0.05) is 31.2 Å². The van der Waals surface area contributed by atoms with Crippen LogP contribution in [0.2, 0.25) is 0 Å². The molecule has 0 unspecified atom stereocenters. The van der Waals surface area contributed by atoms with Crippen LogP contribution in [0.5, 0.6) is 5.75 Å². The van der Waals surface area contributed by atoms with Crippen molar-refractivity contribution in [3.8, 4) is 5.75 Å². The van der Waals surface area contributed by atoms with E-state index in [0.29, 0.717) is 6.61 Å². The third-order valence-corrected chi connectivity index (χ3v) is 3.50. The topological polar surface area (TPSA) is 38.5 Å². The smallest absolute Gasteiger partial charge is 0.123 e. The lowest BCUT2D eigenvalue weighted by molar-refractivity contribution is 0.317. The van der Waals surface area contributed by atoms with Crippen LogP contribution >= 0.6 is 0 Å². The summed E-state index contributed by atoms with van der Waals surface area (Å²) >= 11 is 0. The average Bonchev–Trinajstić information content (AvgIpc) is 2.47. The van der Waals surface area contributed by atoms with Crippen LogP contribution in [0.25, 0.3) is 0 Å². The molecule has 0 fully saturated rings. The second-order valence-corrected chi connectivity index (χ2v) is 5.39. The third kappa shape index (κ3) is 4.15. The van der Waals surface area contributed by atoms with E-state index >= 15 is 0 Å². The van der Waals surface area contributed by atoms with Gasteiger partial charge >= 0.3 is 0 Å². The van der Waals surface area contributed by atoms with E-state index in [2.05, 4.69) is 50.1 Å². The second kappa shape index (κ2) is 7.02. The molecule has 0 aliphatic carbocycles. The number of aryl methyl sites for hydroxylation is 1. The van der Waals surface area contributed by atoms with Crippen molar-refractivity contribution in [1.29, 1.82) is 0 Å². The molecular weight excluding hydrogens is 260 g/mol. The van der Waals surface area contributed by atoms with E-state index in [-0.39, 0.29) is 0 Å². The van der Waals surface area contributed by atoms with E-state index in [1.54, 1.807) is 0 Å². The zero-order valence-corrected chi connectivity index (χ0v) is 13.1. The van der Waals surface area contributed by atoms with Gasteiger partial charge in [0.05, 0.1) is 6.61 Å². The summed E-state index contributed by atoms with van der Waals surface area (Å²) in [4.78, 5) is 2.19. The Morgan fingerprint density at radius 1 is 1.14 bits per heavy atom. The molecular formula is C18H24N2O. The maximum Gasteiger partial charge on any atom is 0.123 e. The van der Waals surface area contributed by atoms with Crippen molar-refractivity contribution in [2.24, 2.45) is 0 Å². The third-order valence-electron chi connectivity index (χ3n) is 3.50. The van der Waals surface area contributed by atoms with E-state index < -0.39 is 0 Å². The molecule has 2 aromatic carbocycles. The van der Waals surface area contributed by atoms with Crippen LogP contribution in [0, 0.1) is 6.92 Å². The van der Waals surface area contributed by atoms with Gasteiger partial charge in [-0.05, 0) is 30.5 Å². The Kier molecular flexibility index (Phi) is 5.09. The Morgan fingerprint density at radius 2 is 1.90 bits per heavy atom. The molecule has 112 valence electrons. The van der Waals surface area contributed by atoms with Crippen LogP contribution in [0.1, 0.15) is 24.5 Å². The number of nitrogens with two attached hydrogens (primary N) is 1. The highest BCUT2D eigenvalue weighted by Crippen LogP contribution is 2.26. The first-order valence-corrected chi connectivity index (χ1v) is 7.39. The number of nitrogens with zero attached hydrogens (tertiary/aromatic N) is 1. The Hall–Kier alpha value is -2.16. The quantitative estimate of drug-likeness (QED) is 0.815. The molecule has 0 aliphatic rings. The summed E-state index contributed by atoms with van der Waals surface area (Å²) in [7, 11) is 2.07. The van der Waals surface area contributed by atoms with Crippen molar-refractivity contribution in [3.63, 3.8) is 0 Å². The summed E-state index contributed by atoms with van der Waals surface area (Å²) < 4.78 is 5.69. The zero-order chi connectivity index (χ0) is 15.2.